The summed E-state index contributed by atoms with van der Waals surface area (Å²) in [7, 11) is -4.25. The molecular formula is C19H17FN2O5S. The van der Waals surface area contributed by atoms with Gasteiger partial charge in [-0.25, -0.2) is 12.8 Å². The van der Waals surface area contributed by atoms with Crippen molar-refractivity contribution in [3.63, 3.8) is 0 Å². The van der Waals surface area contributed by atoms with Crippen LogP contribution < -0.4 is 9.62 Å². The molecule has 2 aromatic rings. The van der Waals surface area contributed by atoms with Crippen LogP contribution in [0, 0.1) is 5.82 Å². The fourth-order valence-electron chi connectivity index (χ4n) is 3.77. The van der Waals surface area contributed by atoms with Gasteiger partial charge in [0.1, 0.15) is 10.7 Å². The minimum Gasteiger partial charge on any atom is -0.481 e. The standard InChI is InChI=1S/C19H17FN2O5S/c20-14-9-15-11(5-6-18(23)21-15)7-17(14)28(26,27)22-10-12(8-19(24)25)13-3-1-2-4-16(13)22/h1-4,7,9,12H,5-6,8,10H2,(H,21,23)(H,24,25). The second kappa shape index (κ2) is 6.59. The number of halogens is 1. The van der Waals surface area contributed by atoms with Crippen LogP contribution in [-0.2, 0) is 26.0 Å². The van der Waals surface area contributed by atoms with Crippen molar-refractivity contribution < 1.29 is 27.5 Å². The van der Waals surface area contributed by atoms with Crippen molar-refractivity contribution in [1.82, 2.24) is 0 Å². The number of anilines is 2. The van der Waals surface area contributed by atoms with E-state index in [-0.39, 0.29) is 31.0 Å². The zero-order valence-electron chi connectivity index (χ0n) is 14.7. The second-order valence-corrected chi connectivity index (χ2v) is 8.71. The average Bonchev–Trinajstić information content (AvgIpc) is 3.00. The molecule has 0 fully saturated rings. The predicted molar refractivity (Wildman–Crippen MR) is 99.3 cm³/mol. The first-order valence-corrected chi connectivity index (χ1v) is 10.2. The van der Waals surface area contributed by atoms with E-state index in [9.17, 15) is 22.4 Å². The number of para-hydroxylation sites is 1. The molecule has 1 unspecified atom stereocenters. The highest BCUT2D eigenvalue weighted by Crippen LogP contribution is 2.42. The molecule has 2 N–H and O–H groups in total. The van der Waals surface area contributed by atoms with Gasteiger partial charge in [-0.1, -0.05) is 18.2 Å². The van der Waals surface area contributed by atoms with Crippen LogP contribution in [0.25, 0.3) is 0 Å². The van der Waals surface area contributed by atoms with Gasteiger partial charge in [0.05, 0.1) is 12.1 Å². The number of carboxylic acids is 1. The molecule has 0 saturated carbocycles. The van der Waals surface area contributed by atoms with Crippen molar-refractivity contribution in [1.29, 1.82) is 0 Å². The van der Waals surface area contributed by atoms with E-state index in [4.69, 9.17) is 5.11 Å². The molecular weight excluding hydrogens is 387 g/mol. The van der Waals surface area contributed by atoms with Gasteiger partial charge in [0, 0.05) is 24.6 Å². The number of aryl methyl sites for hydroxylation is 1. The molecule has 0 saturated heterocycles. The molecule has 0 aromatic heterocycles. The van der Waals surface area contributed by atoms with Gasteiger partial charge in [0.15, 0.2) is 0 Å². The third-order valence-corrected chi connectivity index (χ3v) is 6.87. The number of fused-ring (bicyclic) bond motifs is 2. The highest BCUT2D eigenvalue weighted by Gasteiger charge is 2.39. The van der Waals surface area contributed by atoms with Crippen molar-refractivity contribution in [2.24, 2.45) is 0 Å². The van der Waals surface area contributed by atoms with Crippen LogP contribution in [0.5, 0.6) is 0 Å². The maximum Gasteiger partial charge on any atom is 0.304 e. The van der Waals surface area contributed by atoms with Crippen LogP contribution in [0.3, 0.4) is 0 Å². The maximum absolute atomic E-state index is 14.7. The average molecular weight is 404 g/mol. The number of nitrogens with one attached hydrogen (secondary N) is 1. The van der Waals surface area contributed by atoms with Crippen molar-refractivity contribution in [3.05, 3.63) is 53.3 Å². The van der Waals surface area contributed by atoms with Gasteiger partial charge in [-0.3, -0.25) is 13.9 Å². The highest BCUT2D eigenvalue weighted by atomic mass is 32.2. The molecule has 1 atom stereocenters. The monoisotopic (exact) mass is 404 g/mol. The van der Waals surface area contributed by atoms with Crippen LogP contribution >= 0.6 is 0 Å². The number of hydrogen-bond donors (Lipinski definition) is 2. The van der Waals surface area contributed by atoms with Crippen LogP contribution in [0.2, 0.25) is 0 Å². The van der Waals surface area contributed by atoms with Crippen LogP contribution in [0.4, 0.5) is 15.8 Å². The Kier molecular flexibility index (Phi) is 4.34. The van der Waals surface area contributed by atoms with E-state index in [2.05, 4.69) is 5.32 Å². The van der Waals surface area contributed by atoms with Gasteiger partial charge >= 0.3 is 5.97 Å². The lowest BCUT2D eigenvalue weighted by atomic mass is 9.98. The summed E-state index contributed by atoms with van der Waals surface area (Å²) < 4.78 is 42.3. The number of amides is 1. The zero-order chi connectivity index (χ0) is 20.1. The molecule has 2 aliphatic rings. The van der Waals surface area contributed by atoms with E-state index in [0.29, 0.717) is 23.2 Å². The van der Waals surface area contributed by atoms with Gasteiger partial charge in [-0.05, 0) is 35.7 Å². The van der Waals surface area contributed by atoms with Crippen molar-refractivity contribution in [3.8, 4) is 0 Å². The Morgan fingerprint density at radius 3 is 2.75 bits per heavy atom. The van der Waals surface area contributed by atoms with E-state index in [1.54, 1.807) is 24.3 Å². The number of carbonyl (C=O) groups is 2. The maximum atomic E-state index is 14.7. The molecule has 1 amide bonds. The van der Waals surface area contributed by atoms with E-state index in [0.717, 1.165) is 10.4 Å². The summed E-state index contributed by atoms with van der Waals surface area (Å²) in [5.74, 6) is -2.74. The molecule has 2 heterocycles. The largest absolute Gasteiger partial charge is 0.481 e. The number of aliphatic carboxylic acids is 1. The van der Waals surface area contributed by atoms with Gasteiger partial charge < -0.3 is 10.4 Å². The highest BCUT2D eigenvalue weighted by molar-refractivity contribution is 7.92. The smallest absolute Gasteiger partial charge is 0.304 e. The number of sulfonamides is 1. The Balaban J connectivity index is 1.77. The van der Waals surface area contributed by atoms with E-state index in [1.165, 1.54) is 6.07 Å². The minimum absolute atomic E-state index is 0.0682. The van der Waals surface area contributed by atoms with Crippen LogP contribution in [0.1, 0.15) is 29.9 Å². The Labute approximate surface area is 160 Å². The van der Waals surface area contributed by atoms with E-state index >= 15 is 0 Å². The normalized spacial score (nSPS) is 18.4. The Hall–Kier alpha value is -2.94. The molecule has 146 valence electrons. The second-order valence-electron chi connectivity index (χ2n) is 6.88. The predicted octanol–water partition coefficient (Wildman–Crippen LogP) is 2.48. The summed E-state index contributed by atoms with van der Waals surface area (Å²) in [5.41, 5.74) is 1.80. The first-order chi connectivity index (χ1) is 13.3. The number of carboxylic acid groups (broad SMARTS) is 1. The SMILES string of the molecule is O=C(O)CC1CN(S(=O)(=O)c2cc3c(cc2F)NC(=O)CC3)c2ccccc21. The molecule has 4 rings (SSSR count). The number of benzene rings is 2. The summed E-state index contributed by atoms with van der Waals surface area (Å²) >= 11 is 0. The summed E-state index contributed by atoms with van der Waals surface area (Å²) in [5, 5.41) is 11.7. The molecule has 2 aromatic carbocycles. The molecule has 9 heteroatoms. The summed E-state index contributed by atoms with van der Waals surface area (Å²) in [6, 6.07) is 8.93. The zero-order valence-corrected chi connectivity index (χ0v) is 15.5. The lowest BCUT2D eigenvalue weighted by Gasteiger charge is -2.23. The topological polar surface area (TPSA) is 104 Å². The third-order valence-electron chi connectivity index (χ3n) is 5.07. The molecule has 0 aliphatic carbocycles. The molecule has 0 bridgehead atoms. The van der Waals surface area contributed by atoms with E-state index < -0.39 is 32.6 Å². The first-order valence-electron chi connectivity index (χ1n) is 8.73. The summed E-state index contributed by atoms with van der Waals surface area (Å²) in [6.45, 7) is -0.0682. The van der Waals surface area contributed by atoms with Gasteiger partial charge in [-0.2, -0.15) is 0 Å². The quantitative estimate of drug-likeness (QED) is 0.815. The molecule has 7 nitrogen and oxygen atoms in total. The van der Waals surface area contributed by atoms with Gasteiger partial charge in [0.25, 0.3) is 10.0 Å². The number of rotatable bonds is 4. The van der Waals surface area contributed by atoms with Crippen molar-refractivity contribution >= 4 is 33.3 Å². The molecule has 28 heavy (non-hydrogen) atoms. The fourth-order valence-corrected chi connectivity index (χ4v) is 5.40. The summed E-state index contributed by atoms with van der Waals surface area (Å²) in [4.78, 5) is 22.2. The lowest BCUT2D eigenvalue weighted by Crippen LogP contribution is -2.31. The number of nitrogens with zero attached hydrogens (tertiary/aromatic N) is 1. The van der Waals surface area contributed by atoms with Crippen molar-refractivity contribution in [2.75, 3.05) is 16.2 Å². The molecule has 0 radical (unpaired) electrons. The fraction of sp³-hybridized carbons (Fsp3) is 0.263. The Bertz CT molecular complexity index is 1100. The van der Waals surface area contributed by atoms with Gasteiger partial charge in [0.2, 0.25) is 5.91 Å². The van der Waals surface area contributed by atoms with Crippen LogP contribution in [-0.4, -0.2) is 31.9 Å². The Morgan fingerprint density at radius 2 is 2.00 bits per heavy atom. The first kappa shape index (κ1) is 18.4. The van der Waals surface area contributed by atoms with E-state index in [1.807, 2.05) is 0 Å². The summed E-state index contributed by atoms with van der Waals surface area (Å²) in [6.07, 6.45) is 0.301. The van der Waals surface area contributed by atoms with Crippen LogP contribution in [0.15, 0.2) is 41.3 Å². The van der Waals surface area contributed by atoms with Gasteiger partial charge in [-0.15, -0.1) is 0 Å². The van der Waals surface area contributed by atoms with Crippen molar-refractivity contribution in [2.45, 2.75) is 30.1 Å². The number of carbonyl (C=O) groups excluding carboxylic acids is 1. The molecule has 2 aliphatic heterocycles. The lowest BCUT2D eigenvalue weighted by molar-refractivity contribution is -0.137. The molecule has 0 spiro atoms. The third kappa shape index (κ3) is 3.01. The number of hydrogen-bond acceptors (Lipinski definition) is 4. The minimum atomic E-state index is -4.25. The Morgan fingerprint density at radius 1 is 1.25 bits per heavy atom.